The Bertz CT molecular complexity index is 859. The molecular weight excluding hydrogens is 316 g/mol. The highest BCUT2D eigenvalue weighted by molar-refractivity contribution is 6.01. The fourth-order valence-electron chi connectivity index (χ4n) is 3.80. The van der Waals surface area contributed by atoms with Crippen molar-refractivity contribution in [3.05, 3.63) is 59.1 Å². The zero-order valence-electron chi connectivity index (χ0n) is 14.3. The molecule has 2 aromatic rings. The predicted octanol–water partition coefficient (Wildman–Crippen LogP) is 3.66. The zero-order chi connectivity index (χ0) is 17.4. The minimum absolute atomic E-state index is 0.173. The van der Waals surface area contributed by atoms with Gasteiger partial charge >= 0.3 is 0 Å². The Kier molecular flexibility index (Phi) is 3.92. The number of ether oxygens (including phenoxy) is 2. The first-order chi connectivity index (χ1) is 12.2. The number of nitrogens with one attached hydrogen (secondary N) is 1. The molecule has 1 atom stereocenters. The van der Waals surface area contributed by atoms with E-state index in [1.165, 1.54) is 0 Å². The standard InChI is InChI=1S/C20H20N2O3/c1-24-13-9-15-20(17(10-13)25-2)18(12-5-4-8-21-11-12)19-14(22-15)6-3-7-16(19)23/h4-5,8-11,18,22H,3,6-7H2,1-2H3/t18-/m1/s1. The third-order valence-electron chi connectivity index (χ3n) is 4.91. The fourth-order valence-corrected chi connectivity index (χ4v) is 3.80. The molecular formula is C20H20N2O3. The summed E-state index contributed by atoms with van der Waals surface area (Å²) in [7, 11) is 3.28. The van der Waals surface area contributed by atoms with Crippen LogP contribution in [-0.4, -0.2) is 25.0 Å². The van der Waals surface area contributed by atoms with Gasteiger partial charge in [-0.2, -0.15) is 0 Å². The van der Waals surface area contributed by atoms with E-state index >= 15 is 0 Å². The normalized spacial score (nSPS) is 19.0. The largest absolute Gasteiger partial charge is 0.497 e. The lowest BCUT2D eigenvalue weighted by molar-refractivity contribution is -0.116. The van der Waals surface area contributed by atoms with E-state index in [1.54, 1.807) is 20.4 Å². The Morgan fingerprint density at radius 2 is 2.08 bits per heavy atom. The predicted molar refractivity (Wildman–Crippen MR) is 95.1 cm³/mol. The Hall–Kier alpha value is -2.82. The molecule has 0 saturated heterocycles. The number of hydrogen-bond donors (Lipinski definition) is 1. The third kappa shape index (κ3) is 2.56. The number of ketones is 1. The zero-order valence-corrected chi connectivity index (χ0v) is 14.3. The highest BCUT2D eigenvalue weighted by Crippen LogP contribution is 2.49. The van der Waals surface area contributed by atoms with Gasteiger partial charge in [-0.15, -0.1) is 0 Å². The number of benzene rings is 1. The highest BCUT2D eigenvalue weighted by atomic mass is 16.5. The summed E-state index contributed by atoms with van der Waals surface area (Å²) < 4.78 is 11.1. The van der Waals surface area contributed by atoms with Crippen molar-refractivity contribution < 1.29 is 14.3 Å². The molecule has 1 aliphatic carbocycles. The number of allylic oxidation sites excluding steroid dienone is 2. The van der Waals surface area contributed by atoms with E-state index in [0.29, 0.717) is 12.2 Å². The Morgan fingerprint density at radius 3 is 2.80 bits per heavy atom. The summed E-state index contributed by atoms with van der Waals surface area (Å²) in [4.78, 5) is 17.0. The van der Waals surface area contributed by atoms with Gasteiger partial charge in [0.25, 0.3) is 0 Å². The number of aromatic nitrogens is 1. The van der Waals surface area contributed by atoms with Crippen molar-refractivity contribution in [2.75, 3.05) is 19.5 Å². The van der Waals surface area contributed by atoms with Crippen LogP contribution in [0.5, 0.6) is 11.5 Å². The van der Waals surface area contributed by atoms with Crippen LogP contribution < -0.4 is 14.8 Å². The number of Topliss-reactive ketones (excluding diaryl/α,β-unsaturated/α-hetero) is 1. The first-order valence-electron chi connectivity index (χ1n) is 8.42. The average molecular weight is 336 g/mol. The number of fused-ring (bicyclic) bond motifs is 1. The van der Waals surface area contributed by atoms with Gasteiger partial charge in [-0.25, -0.2) is 0 Å². The molecule has 1 aromatic carbocycles. The van der Waals surface area contributed by atoms with E-state index < -0.39 is 0 Å². The van der Waals surface area contributed by atoms with E-state index in [2.05, 4.69) is 10.3 Å². The number of carbonyl (C=O) groups excluding carboxylic acids is 1. The quantitative estimate of drug-likeness (QED) is 0.927. The smallest absolute Gasteiger partial charge is 0.161 e. The van der Waals surface area contributed by atoms with Crippen LogP contribution in [0.25, 0.3) is 0 Å². The number of rotatable bonds is 3. The highest BCUT2D eigenvalue weighted by Gasteiger charge is 2.37. The van der Waals surface area contributed by atoms with Crippen LogP contribution in [0.1, 0.15) is 36.3 Å². The van der Waals surface area contributed by atoms with E-state index in [4.69, 9.17) is 9.47 Å². The first-order valence-corrected chi connectivity index (χ1v) is 8.42. The van der Waals surface area contributed by atoms with E-state index in [1.807, 2.05) is 30.5 Å². The van der Waals surface area contributed by atoms with Crippen LogP contribution in [0.15, 0.2) is 47.9 Å². The average Bonchev–Trinajstić information content (AvgIpc) is 2.66. The van der Waals surface area contributed by atoms with Gasteiger partial charge in [0, 0.05) is 59.4 Å². The van der Waals surface area contributed by atoms with E-state index in [9.17, 15) is 4.79 Å². The Balaban J connectivity index is 1.98. The molecule has 25 heavy (non-hydrogen) atoms. The molecule has 0 unspecified atom stereocenters. The molecule has 0 saturated carbocycles. The molecule has 5 nitrogen and oxygen atoms in total. The van der Waals surface area contributed by atoms with Crippen molar-refractivity contribution in [2.45, 2.75) is 25.2 Å². The molecule has 2 aliphatic rings. The van der Waals surface area contributed by atoms with Crippen LogP contribution in [0.2, 0.25) is 0 Å². The minimum Gasteiger partial charge on any atom is -0.497 e. The summed E-state index contributed by atoms with van der Waals surface area (Å²) in [6.07, 6.45) is 5.91. The second-order valence-electron chi connectivity index (χ2n) is 6.30. The van der Waals surface area contributed by atoms with Crippen molar-refractivity contribution in [2.24, 2.45) is 0 Å². The fraction of sp³-hybridized carbons (Fsp3) is 0.300. The second kappa shape index (κ2) is 6.24. The van der Waals surface area contributed by atoms with Gasteiger partial charge < -0.3 is 14.8 Å². The molecule has 0 spiro atoms. The molecule has 5 heteroatoms. The topological polar surface area (TPSA) is 60.5 Å². The number of methoxy groups -OCH3 is 2. The van der Waals surface area contributed by atoms with Gasteiger partial charge in [-0.3, -0.25) is 9.78 Å². The first kappa shape index (κ1) is 15.7. The molecule has 1 N–H and O–H groups in total. The lowest BCUT2D eigenvalue weighted by Crippen LogP contribution is -2.27. The van der Waals surface area contributed by atoms with Crippen LogP contribution in [0.3, 0.4) is 0 Å². The monoisotopic (exact) mass is 336 g/mol. The van der Waals surface area contributed by atoms with Gasteiger partial charge in [0.15, 0.2) is 5.78 Å². The number of anilines is 1. The van der Waals surface area contributed by atoms with E-state index in [0.717, 1.165) is 46.7 Å². The molecule has 0 bridgehead atoms. The summed E-state index contributed by atoms with van der Waals surface area (Å²) in [5.41, 5.74) is 4.74. The van der Waals surface area contributed by atoms with Crippen molar-refractivity contribution in [3.8, 4) is 11.5 Å². The van der Waals surface area contributed by atoms with Crippen LogP contribution in [0.4, 0.5) is 5.69 Å². The minimum atomic E-state index is -0.173. The molecule has 0 fully saturated rings. The molecule has 0 radical (unpaired) electrons. The van der Waals surface area contributed by atoms with Gasteiger partial charge in [0.2, 0.25) is 0 Å². The summed E-state index contributed by atoms with van der Waals surface area (Å²) in [5.74, 6) is 1.46. The maximum absolute atomic E-state index is 12.8. The molecule has 0 amide bonds. The van der Waals surface area contributed by atoms with Crippen molar-refractivity contribution in [1.82, 2.24) is 4.98 Å². The van der Waals surface area contributed by atoms with Crippen molar-refractivity contribution >= 4 is 11.5 Å². The maximum Gasteiger partial charge on any atom is 0.161 e. The lowest BCUT2D eigenvalue weighted by atomic mass is 9.75. The Labute approximate surface area is 146 Å². The SMILES string of the molecule is COc1cc2c(c(OC)c1)[C@H](c1cccnc1)C1=C(CCCC1=O)N2. The van der Waals surface area contributed by atoms with Crippen LogP contribution >= 0.6 is 0 Å². The van der Waals surface area contributed by atoms with Gasteiger partial charge in [0.05, 0.1) is 14.2 Å². The Morgan fingerprint density at radius 1 is 1.20 bits per heavy atom. The number of nitrogens with zero attached hydrogens (tertiary/aromatic N) is 1. The number of hydrogen-bond acceptors (Lipinski definition) is 5. The molecule has 128 valence electrons. The number of pyridine rings is 1. The molecule has 1 aliphatic heterocycles. The second-order valence-corrected chi connectivity index (χ2v) is 6.30. The van der Waals surface area contributed by atoms with Gasteiger partial charge in [-0.05, 0) is 24.5 Å². The molecule has 4 rings (SSSR count). The lowest BCUT2D eigenvalue weighted by Gasteiger charge is -2.35. The van der Waals surface area contributed by atoms with Crippen LogP contribution in [-0.2, 0) is 4.79 Å². The van der Waals surface area contributed by atoms with Crippen LogP contribution in [0, 0.1) is 0 Å². The van der Waals surface area contributed by atoms with Gasteiger partial charge in [0.1, 0.15) is 11.5 Å². The summed E-state index contributed by atoms with van der Waals surface area (Å²) in [6.45, 7) is 0. The van der Waals surface area contributed by atoms with Crippen molar-refractivity contribution in [3.63, 3.8) is 0 Å². The number of carbonyl (C=O) groups is 1. The third-order valence-corrected chi connectivity index (χ3v) is 4.91. The van der Waals surface area contributed by atoms with Crippen molar-refractivity contribution in [1.29, 1.82) is 0 Å². The summed E-state index contributed by atoms with van der Waals surface area (Å²) in [5, 5.41) is 3.46. The van der Waals surface area contributed by atoms with E-state index in [-0.39, 0.29) is 11.7 Å². The summed E-state index contributed by atoms with van der Waals surface area (Å²) in [6, 6.07) is 7.75. The summed E-state index contributed by atoms with van der Waals surface area (Å²) >= 11 is 0. The molecule has 2 heterocycles. The molecule has 1 aromatic heterocycles. The maximum atomic E-state index is 12.8. The van der Waals surface area contributed by atoms with Gasteiger partial charge in [-0.1, -0.05) is 6.07 Å².